The Balaban J connectivity index is 1.33. The number of carbonyl (C=O) groups is 2. The van der Waals surface area contributed by atoms with Gasteiger partial charge in [0.2, 0.25) is 11.8 Å². The van der Waals surface area contributed by atoms with Crippen molar-refractivity contribution in [2.45, 2.75) is 32.3 Å². The smallest absolute Gasteiger partial charge is 0.240 e. The highest BCUT2D eigenvalue weighted by Crippen LogP contribution is 2.48. The summed E-state index contributed by atoms with van der Waals surface area (Å²) >= 11 is 5.88. The fourth-order valence-electron chi connectivity index (χ4n) is 3.52. The standard InChI is InChI=1S/C22H23ClN2O3/c23-17-5-3-16(4-6-17)15-28-19-9-7-18(8-10-19)24-20(26)22(11-12-22)21(27)25-13-1-2-14-25/h3-10H,1-2,11-15H2,(H,24,26). The van der Waals surface area contributed by atoms with Crippen LogP contribution in [0, 0.1) is 5.41 Å². The fourth-order valence-corrected chi connectivity index (χ4v) is 3.64. The van der Waals surface area contributed by atoms with E-state index in [-0.39, 0.29) is 11.8 Å². The third kappa shape index (κ3) is 3.99. The number of hydrogen-bond acceptors (Lipinski definition) is 3. The molecule has 0 spiro atoms. The number of nitrogens with zero attached hydrogens (tertiary/aromatic N) is 1. The van der Waals surface area contributed by atoms with Crippen molar-refractivity contribution < 1.29 is 14.3 Å². The fraction of sp³-hybridized carbons (Fsp3) is 0.364. The molecule has 1 aliphatic carbocycles. The second-order valence-electron chi connectivity index (χ2n) is 7.48. The number of anilines is 1. The monoisotopic (exact) mass is 398 g/mol. The van der Waals surface area contributed by atoms with Gasteiger partial charge in [-0.05, 0) is 67.6 Å². The molecule has 1 aliphatic heterocycles. The number of nitrogens with one attached hydrogen (secondary N) is 1. The maximum Gasteiger partial charge on any atom is 0.240 e. The Morgan fingerprint density at radius 3 is 2.25 bits per heavy atom. The lowest BCUT2D eigenvalue weighted by Gasteiger charge is -2.22. The van der Waals surface area contributed by atoms with Crippen molar-refractivity contribution in [1.82, 2.24) is 4.90 Å². The van der Waals surface area contributed by atoms with Crippen molar-refractivity contribution in [3.63, 3.8) is 0 Å². The van der Waals surface area contributed by atoms with Gasteiger partial charge in [-0.2, -0.15) is 0 Å². The largest absolute Gasteiger partial charge is 0.489 e. The van der Waals surface area contributed by atoms with Gasteiger partial charge in [-0.15, -0.1) is 0 Å². The minimum absolute atomic E-state index is 0.00887. The minimum Gasteiger partial charge on any atom is -0.489 e. The molecule has 1 N–H and O–H groups in total. The second-order valence-corrected chi connectivity index (χ2v) is 7.91. The summed E-state index contributed by atoms with van der Waals surface area (Å²) in [7, 11) is 0. The zero-order valence-electron chi connectivity index (χ0n) is 15.6. The molecular formula is C22H23ClN2O3. The molecule has 146 valence electrons. The molecule has 1 saturated carbocycles. The molecule has 0 unspecified atom stereocenters. The first-order valence-electron chi connectivity index (χ1n) is 9.65. The van der Waals surface area contributed by atoms with Crippen LogP contribution in [0.25, 0.3) is 0 Å². The van der Waals surface area contributed by atoms with Gasteiger partial charge in [-0.3, -0.25) is 9.59 Å². The molecule has 28 heavy (non-hydrogen) atoms. The number of benzene rings is 2. The number of carbonyl (C=O) groups excluding carboxylic acids is 2. The normalized spacial score (nSPS) is 17.2. The molecule has 0 bridgehead atoms. The Kier molecular flexibility index (Phi) is 5.27. The molecule has 2 fully saturated rings. The van der Waals surface area contributed by atoms with Crippen LogP contribution in [0.5, 0.6) is 5.75 Å². The molecule has 1 heterocycles. The Labute approximate surface area is 169 Å². The molecule has 2 amide bonds. The molecule has 4 rings (SSSR count). The molecular weight excluding hydrogens is 376 g/mol. The van der Waals surface area contributed by atoms with Gasteiger partial charge in [0.05, 0.1) is 0 Å². The van der Waals surface area contributed by atoms with Gasteiger partial charge < -0.3 is 15.0 Å². The summed E-state index contributed by atoms with van der Waals surface area (Å²) < 4.78 is 5.76. The lowest BCUT2D eigenvalue weighted by atomic mass is 10.0. The topological polar surface area (TPSA) is 58.6 Å². The van der Waals surface area contributed by atoms with Crippen molar-refractivity contribution in [3.8, 4) is 5.75 Å². The zero-order valence-corrected chi connectivity index (χ0v) is 16.4. The van der Waals surface area contributed by atoms with Crippen LogP contribution in [0.4, 0.5) is 5.69 Å². The van der Waals surface area contributed by atoms with Crippen molar-refractivity contribution in [1.29, 1.82) is 0 Å². The van der Waals surface area contributed by atoms with E-state index in [1.54, 1.807) is 12.1 Å². The van der Waals surface area contributed by atoms with Crippen LogP contribution < -0.4 is 10.1 Å². The highest BCUT2D eigenvalue weighted by molar-refractivity contribution is 6.30. The highest BCUT2D eigenvalue weighted by atomic mass is 35.5. The van der Waals surface area contributed by atoms with Gasteiger partial charge in [0, 0.05) is 23.8 Å². The summed E-state index contributed by atoms with van der Waals surface area (Å²) in [6.45, 7) is 1.98. The number of rotatable bonds is 6. The molecule has 2 aromatic carbocycles. The second kappa shape index (κ2) is 7.84. The predicted molar refractivity (Wildman–Crippen MR) is 108 cm³/mol. The summed E-state index contributed by atoms with van der Waals surface area (Å²) in [5.74, 6) is 0.506. The van der Waals surface area contributed by atoms with Crippen LogP contribution in [-0.2, 0) is 16.2 Å². The van der Waals surface area contributed by atoms with Crippen molar-refractivity contribution in [2.24, 2.45) is 5.41 Å². The van der Waals surface area contributed by atoms with E-state index in [0.29, 0.717) is 35.9 Å². The summed E-state index contributed by atoms with van der Waals surface area (Å²) in [6, 6.07) is 14.7. The Morgan fingerprint density at radius 2 is 1.64 bits per heavy atom. The van der Waals surface area contributed by atoms with E-state index in [2.05, 4.69) is 5.32 Å². The van der Waals surface area contributed by atoms with Gasteiger partial charge in [-0.1, -0.05) is 23.7 Å². The first-order chi connectivity index (χ1) is 13.6. The molecule has 1 saturated heterocycles. The molecule has 2 aliphatic rings. The Hall–Kier alpha value is -2.53. The lowest BCUT2D eigenvalue weighted by Crippen LogP contribution is -2.41. The number of likely N-dealkylation sites (tertiary alicyclic amines) is 1. The number of ether oxygens (including phenoxy) is 1. The summed E-state index contributed by atoms with van der Waals surface area (Å²) in [4.78, 5) is 27.2. The van der Waals surface area contributed by atoms with E-state index in [1.807, 2.05) is 41.3 Å². The van der Waals surface area contributed by atoms with Gasteiger partial charge in [-0.25, -0.2) is 0 Å². The maximum absolute atomic E-state index is 12.7. The molecule has 5 nitrogen and oxygen atoms in total. The Bertz CT molecular complexity index is 854. The molecule has 0 aromatic heterocycles. The third-order valence-electron chi connectivity index (χ3n) is 5.42. The maximum atomic E-state index is 12.7. The average Bonchev–Trinajstić information content (AvgIpc) is 3.35. The van der Waals surface area contributed by atoms with Crippen LogP contribution in [0.15, 0.2) is 48.5 Å². The van der Waals surface area contributed by atoms with Gasteiger partial charge >= 0.3 is 0 Å². The molecule has 0 radical (unpaired) electrons. The van der Waals surface area contributed by atoms with E-state index < -0.39 is 5.41 Å². The van der Waals surface area contributed by atoms with Crippen LogP contribution in [0.2, 0.25) is 5.02 Å². The van der Waals surface area contributed by atoms with Crippen LogP contribution in [0.1, 0.15) is 31.2 Å². The first-order valence-corrected chi connectivity index (χ1v) is 10.0. The van der Waals surface area contributed by atoms with E-state index in [0.717, 1.165) is 31.5 Å². The first kappa shape index (κ1) is 18.8. The predicted octanol–water partition coefficient (Wildman–Crippen LogP) is 4.26. The van der Waals surface area contributed by atoms with Gasteiger partial charge in [0.1, 0.15) is 17.8 Å². The molecule has 0 atom stereocenters. The third-order valence-corrected chi connectivity index (χ3v) is 5.67. The summed E-state index contributed by atoms with van der Waals surface area (Å²) in [5, 5.41) is 3.59. The van der Waals surface area contributed by atoms with Crippen LogP contribution in [0.3, 0.4) is 0 Å². The number of amides is 2. The van der Waals surface area contributed by atoms with Gasteiger partial charge in [0.25, 0.3) is 0 Å². The molecule has 6 heteroatoms. The van der Waals surface area contributed by atoms with E-state index in [9.17, 15) is 9.59 Å². The summed E-state index contributed by atoms with van der Waals surface area (Å²) in [5.41, 5.74) is 0.843. The van der Waals surface area contributed by atoms with Crippen LogP contribution in [-0.4, -0.2) is 29.8 Å². The lowest BCUT2D eigenvalue weighted by molar-refractivity contribution is -0.141. The van der Waals surface area contributed by atoms with Crippen LogP contribution >= 0.6 is 11.6 Å². The number of halogens is 1. The minimum atomic E-state index is -0.853. The van der Waals surface area contributed by atoms with Crippen molar-refractivity contribution in [3.05, 3.63) is 59.1 Å². The number of hydrogen-bond donors (Lipinski definition) is 1. The Morgan fingerprint density at radius 1 is 1.00 bits per heavy atom. The molecule has 2 aromatic rings. The summed E-state index contributed by atoms with van der Waals surface area (Å²) in [6.07, 6.45) is 3.33. The van der Waals surface area contributed by atoms with E-state index in [4.69, 9.17) is 16.3 Å². The van der Waals surface area contributed by atoms with E-state index >= 15 is 0 Å². The SMILES string of the molecule is O=C(Nc1ccc(OCc2ccc(Cl)cc2)cc1)C1(C(=O)N2CCCC2)CC1. The van der Waals surface area contributed by atoms with E-state index in [1.165, 1.54) is 0 Å². The zero-order chi connectivity index (χ0) is 19.6. The quantitative estimate of drug-likeness (QED) is 0.739. The highest BCUT2D eigenvalue weighted by Gasteiger charge is 2.58. The van der Waals surface area contributed by atoms with Crippen molar-refractivity contribution in [2.75, 3.05) is 18.4 Å². The van der Waals surface area contributed by atoms with Gasteiger partial charge in [0.15, 0.2) is 0 Å². The average molecular weight is 399 g/mol. The van der Waals surface area contributed by atoms with Crippen molar-refractivity contribution >= 4 is 29.1 Å².